The van der Waals surface area contributed by atoms with Gasteiger partial charge in [-0.3, -0.25) is 9.97 Å². The van der Waals surface area contributed by atoms with E-state index in [1.165, 1.54) is 73.4 Å². The Morgan fingerprint density at radius 2 is 0.729 bits per heavy atom. The summed E-state index contributed by atoms with van der Waals surface area (Å²) < 4.78 is 5.19. The van der Waals surface area contributed by atoms with Crippen LogP contribution in [0.2, 0.25) is 0 Å². The minimum absolute atomic E-state index is 0.995. The largest absolute Gasteiger partial charge is 0.256 e. The van der Waals surface area contributed by atoms with E-state index in [2.05, 4.69) is 146 Å². The minimum Gasteiger partial charge on any atom is -0.256 e. The molecule has 0 amide bonds. The summed E-state index contributed by atoms with van der Waals surface area (Å²) in [6.45, 7) is 0. The van der Waals surface area contributed by atoms with Gasteiger partial charge in [0.1, 0.15) is 0 Å². The van der Waals surface area contributed by atoms with Crippen molar-refractivity contribution in [3.05, 3.63) is 158 Å². The van der Waals surface area contributed by atoms with Gasteiger partial charge in [0.2, 0.25) is 0 Å². The van der Waals surface area contributed by atoms with E-state index in [4.69, 9.17) is 9.97 Å². The average molecular weight is 647 g/mol. The lowest BCUT2D eigenvalue weighted by Gasteiger charge is -2.13. The van der Waals surface area contributed by atoms with Crippen molar-refractivity contribution in [2.45, 2.75) is 0 Å². The first-order valence-electron chi connectivity index (χ1n) is 16.1. The first-order chi connectivity index (χ1) is 23.8. The molecule has 10 aromatic rings. The molecular weight excluding hydrogens is 621 g/mol. The van der Waals surface area contributed by atoms with Crippen molar-refractivity contribution >= 4 is 73.8 Å². The fraction of sp³-hybridized carbons (Fsp3) is 0. The van der Waals surface area contributed by atoms with Gasteiger partial charge in [0.25, 0.3) is 0 Å². The van der Waals surface area contributed by atoms with Crippen molar-refractivity contribution < 1.29 is 0 Å². The molecule has 0 spiro atoms. The highest BCUT2D eigenvalue weighted by atomic mass is 32.1. The Hall–Kier alpha value is -5.68. The SMILES string of the molecule is c1ccc2c(c1)sc1c(-c3ccc(-c4ccc(-c5ccc(-c6cccc7c6sc6ccccc67)nc5)c5ccccc45)cn3)cccc12. The second-order valence-electron chi connectivity index (χ2n) is 12.1. The Balaban J connectivity index is 1.01. The van der Waals surface area contributed by atoms with E-state index in [0.29, 0.717) is 0 Å². The maximum Gasteiger partial charge on any atom is 0.0716 e. The van der Waals surface area contributed by atoms with Gasteiger partial charge in [-0.15, -0.1) is 22.7 Å². The summed E-state index contributed by atoms with van der Waals surface area (Å²) in [7, 11) is 0. The summed E-state index contributed by atoms with van der Waals surface area (Å²) in [5.74, 6) is 0. The van der Waals surface area contributed by atoms with Crippen LogP contribution in [0, 0.1) is 0 Å². The zero-order valence-corrected chi connectivity index (χ0v) is 27.4. The number of fused-ring (bicyclic) bond motifs is 7. The van der Waals surface area contributed by atoms with Gasteiger partial charge in [0.05, 0.1) is 11.4 Å². The zero-order valence-electron chi connectivity index (χ0n) is 25.7. The molecular formula is C44H26N2S2. The predicted molar refractivity (Wildman–Crippen MR) is 207 cm³/mol. The van der Waals surface area contributed by atoms with Crippen molar-refractivity contribution in [2.24, 2.45) is 0 Å². The second kappa shape index (κ2) is 11.0. The highest BCUT2D eigenvalue weighted by molar-refractivity contribution is 7.26. The lowest BCUT2D eigenvalue weighted by Crippen LogP contribution is -1.90. The molecule has 0 saturated carbocycles. The Bertz CT molecular complexity index is 2630. The van der Waals surface area contributed by atoms with Gasteiger partial charge in [0.15, 0.2) is 0 Å². The molecule has 0 saturated heterocycles. The van der Waals surface area contributed by atoms with Crippen LogP contribution in [0.1, 0.15) is 0 Å². The van der Waals surface area contributed by atoms with Crippen LogP contribution in [0.25, 0.3) is 95.9 Å². The maximum atomic E-state index is 5.00. The number of hydrogen-bond donors (Lipinski definition) is 0. The van der Waals surface area contributed by atoms with Gasteiger partial charge in [-0.05, 0) is 46.2 Å². The maximum absolute atomic E-state index is 5.00. The van der Waals surface area contributed by atoms with Crippen LogP contribution in [0.4, 0.5) is 0 Å². The van der Waals surface area contributed by atoms with E-state index in [0.717, 1.165) is 22.5 Å². The molecule has 0 radical (unpaired) electrons. The molecule has 48 heavy (non-hydrogen) atoms. The Labute approximate surface area is 285 Å². The fourth-order valence-electron chi connectivity index (χ4n) is 7.13. The van der Waals surface area contributed by atoms with Crippen molar-refractivity contribution in [3.8, 4) is 44.8 Å². The molecule has 2 nitrogen and oxygen atoms in total. The molecule has 0 atom stereocenters. The van der Waals surface area contributed by atoms with E-state index in [9.17, 15) is 0 Å². The van der Waals surface area contributed by atoms with Gasteiger partial charge in [-0.2, -0.15) is 0 Å². The molecule has 224 valence electrons. The summed E-state index contributed by atoms with van der Waals surface area (Å²) in [6, 6.07) is 52.2. The number of aromatic nitrogens is 2. The van der Waals surface area contributed by atoms with Crippen LogP contribution >= 0.6 is 22.7 Å². The van der Waals surface area contributed by atoms with Gasteiger partial charge >= 0.3 is 0 Å². The molecule has 0 aliphatic heterocycles. The smallest absolute Gasteiger partial charge is 0.0716 e. The fourth-order valence-corrected chi connectivity index (χ4v) is 9.58. The van der Waals surface area contributed by atoms with Gasteiger partial charge < -0.3 is 0 Å². The molecule has 4 heteroatoms. The third-order valence-corrected chi connectivity index (χ3v) is 11.9. The number of thiophene rings is 2. The number of hydrogen-bond acceptors (Lipinski definition) is 4. The van der Waals surface area contributed by atoms with Crippen molar-refractivity contribution in [1.29, 1.82) is 0 Å². The molecule has 0 N–H and O–H groups in total. The molecule has 0 bridgehead atoms. The molecule has 0 aliphatic rings. The van der Waals surface area contributed by atoms with Crippen LogP contribution in [0.3, 0.4) is 0 Å². The van der Waals surface area contributed by atoms with Gasteiger partial charge in [0, 0.05) is 75.0 Å². The Kier molecular flexibility index (Phi) is 6.26. The molecule has 0 aliphatic carbocycles. The van der Waals surface area contributed by atoms with E-state index >= 15 is 0 Å². The third kappa shape index (κ3) is 4.31. The quantitative estimate of drug-likeness (QED) is 0.190. The molecule has 0 fully saturated rings. The molecule has 10 rings (SSSR count). The van der Waals surface area contributed by atoms with Crippen LogP contribution in [-0.2, 0) is 0 Å². The van der Waals surface area contributed by atoms with E-state index in [1.54, 1.807) is 0 Å². The summed E-state index contributed by atoms with van der Waals surface area (Å²) in [5, 5.41) is 7.60. The second-order valence-corrected chi connectivity index (χ2v) is 14.2. The molecule has 4 aromatic heterocycles. The van der Waals surface area contributed by atoms with Gasteiger partial charge in [-0.1, -0.05) is 121 Å². The normalized spacial score (nSPS) is 11.8. The lowest BCUT2D eigenvalue weighted by molar-refractivity contribution is 1.33. The van der Waals surface area contributed by atoms with E-state index in [1.807, 2.05) is 35.1 Å². The number of rotatable bonds is 4. The Morgan fingerprint density at radius 1 is 0.312 bits per heavy atom. The van der Waals surface area contributed by atoms with Crippen LogP contribution < -0.4 is 0 Å². The summed E-state index contributed by atoms with van der Waals surface area (Å²) in [4.78, 5) is 10.0. The number of nitrogens with zero attached hydrogens (tertiary/aromatic N) is 2. The number of benzene rings is 6. The highest BCUT2D eigenvalue weighted by Crippen LogP contribution is 2.42. The monoisotopic (exact) mass is 646 g/mol. The third-order valence-electron chi connectivity index (χ3n) is 9.43. The highest BCUT2D eigenvalue weighted by Gasteiger charge is 2.15. The van der Waals surface area contributed by atoms with Crippen LogP contribution in [0.15, 0.2) is 158 Å². The summed E-state index contributed by atoms with van der Waals surface area (Å²) in [6.07, 6.45) is 4.04. The first-order valence-corrected chi connectivity index (χ1v) is 17.7. The minimum atomic E-state index is 0.995. The lowest BCUT2D eigenvalue weighted by atomic mass is 9.93. The van der Waals surface area contributed by atoms with E-state index < -0.39 is 0 Å². The molecule has 0 unspecified atom stereocenters. The molecule has 4 heterocycles. The summed E-state index contributed by atoms with van der Waals surface area (Å²) in [5.41, 5.74) is 8.91. The standard InChI is InChI=1S/C44H26N2S2/c1-2-10-32-30(28-20-24-40(46-26-28)38-16-8-14-36-34-12-4-6-18-42(34)48-44(36)38)22-21-29(31(32)9-1)27-19-23-39(45-25-27)37-15-7-13-35-33-11-3-5-17-41(33)47-43(35)37/h1-26H. The van der Waals surface area contributed by atoms with Crippen molar-refractivity contribution in [2.75, 3.05) is 0 Å². The molecule has 6 aromatic carbocycles. The Morgan fingerprint density at radius 3 is 1.17 bits per heavy atom. The number of pyridine rings is 2. The van der Waals surface area contributed by atoms with Crippen molar-refractivity contribution in [3.63, 3.8) is 0 Å². The van der Waals surface area contributed by atoms with Crippen LogP contribution in [-0.4, -0.2) is 9.97 Å². The zero-order chi connectivity index (χ0) is 31.6. The van der Waals surface area contributed by atoms with Crippen molar-refractivity contribution in [1.82, 2.24) is 9.97 Å². The van der Waals surface area contributed by atoms with E-state index in [-0.39, 0.29) is 0 Å². The first kappa shape index (κ1) is 27.4. The van der Waals surface area contributed by atoms with Crippen LogP contribution in [0.5, 0.6) is 0 Å². The summed E-state index contributed by atoms with van der Waals surface area (Å²) >= 11 is 3.68. The predicted octanol–water partition coefficient (Wildman–Crippen LogP) is 13.0. The topological polar surface area (TPSA) is 25.8 Å². The average Bonchev–Trinajstić information content (AvgIpc) is 3.73. The van der Waals surface area contributed by atoms with Gasteiger partial charge in [-0.25, -0.2) is 0 Å².